The number of aromatic carboxylic acids is 1. The highest BCUT2D eigenvalue weighted by molar-refractivity contribution is 6.31. The minimum atomic E-state index is -2.10. The summed E-state index contributed by atoms with van der Waals surface area (Å²) in [7, 11) is 0. The molecule has 0 spiro atoms. The van der Waals surface area contributed by atoms with Gasteiger partial charge in [0.1, 0.15) is 5.69 Å². The first-order valence-corrected chi connectivity index (χ1v) is 9.17. The van der Waals surface area contributed by atoms with Crippen LogP contribution in [0.2, 0.25) is 5.02 Å². The highest BCUT2D eigenvalue weighted by Crippen LogP contribution is 2.23. The molecule has 0 bridgehead atoms. The van der Waals surface area contributed by atoms with Crippen LogP contribution in [0.1, 0.15) is 29.4 Å². The molecule has 4 N–H and O–H groups in total. The average molecular weight is 438 g/mol. The lowest BCUT2D eigenvalue weighted by molar-refractivity contribution is -0.156. The van der Waals surface area contributed by atoms with Crippen LogP contribution in [0.3, 0.4) is 0 Å². The molecule has 2 atom stereocenters. The van der Waals surface area contributed by atoms with E-state index in [0.717, 1.165) is 11.6 Å². The first-order valence-electron chi connectivity index (χ1n) is 8.79. The molecule has 0 saturated carbocycles. The Bertz CT molecular complexity index is 975. The van der Waals surface area contributed by atoms with Crippen molar-refractivity contribution in [1.29, 1.82) is 0 Å². The molecule has 1 amide bonds. The number of benzene rings is 1. The van der Waals surface area contributed by atoms with Crippen LogP contribution in [0.25, 0.3) is 0 Å². The van der Waals surface area contributed by atoms with Gasteiger partial charge in [0.25, 0.3) is 0 Å². The highest BCUT2D eigenvalue weighted by Gasteiger charge is 2.43. The number of nitrogens with zero attached hydrogens (tertiary/aromatic N) is 2. The number of carbonyl (C=O) groups excluding carboxylic acids is 1. The quantitative estimate of drug-likeness (QED) is 0.407. The number of rotatable bonds is 10. The van der Waals surface area contributed by atoms with E-state index in [0.29, 0.717) is 10.6 Å². The predicted molar refractivity (Wildman–Crippen MR) is 104 cm³/mol. The van der Waals surface area contributed by atoms with Crippen LogP contribution in [0, 0.1) is 5.41 Å². The van der Waals surface area contributed by atoms with Crippen molar-refractivity contribution in [3.63, 3.8) is 0 Å². The summed E-state index contributed by atoms with van der Waals surface area (Å²) in [5.41, 5.74) is -1.80. The number of aromatic nitrogens is 2. The molecule has 0 aliphatic rings. The number of nitrogens with one attached hydrogen (secondary N) is 1. The molecule has 160 valence electrons. The molecule has 2 aromatic rings. The molecule has 2 rings (SSSR count). The SMILES string of the molecule is CC(Cn1nccc1C(=O)O)(C(=O)O)C(=O)N[C@@H](CC(=O)O)Cc1ccccc1Cl. The summed E-state index contributed by atoms with van der Waals surface area (Å²) < 4.78 is 0.899. The third-order valence-electron chi connectivity index (χ3n) is 4.56. The van der Waals surface area contributed by atoms with E-state index in [1.807, 2.05) is 0 Å². The van der Waals surface area contributed by atoms with E-state index in [1.165, 1.54) is 12.3 Å². The molecule has 0 radical (unpaired) electrons. The van der Waals surface area contributed by atoms with Gasteiger partial charge in [-0.05, 0) is 31.0 Å². The molecule has 11 heteroatoms. The molecule has 0 fully saturated rings. The minimum Gasteiger partial charge on any atom is -0.481 e. The number of hydrogen-bond acceptors (Lipinski definition) is 5. The van der Waals surface area contributed by atoms with Crippen LogP contribution >= 0.6 is 11.6 Å². The summed E-state index contributed by atoms with van der Waals surface area (Å²) in [5.74, 6) is -5.01. The summed E-state index contributed by atoms with van der Waals surface area (Å²) in [6.07, 6.45) is 0.776. The second-order valence-corrected chi connectivity index (χ2v) is 7.29. The van der Waals surface area contributed by atoms with Crippen LogP contribution in [-0.2, 0) is 27.3 Å². The van der Waals surface area contributed by atoms with Gasteiger partial charge in [-0.3, -0.25) is 19.1 Å². The Morgan fingerprint density at radius 2 is 1.83 bits per heavy atom. The second-order valence-electron chi connectivity index (χ2n) is 6.88. The van der Waals surface area contributed by atoms with Crippen molar-refractivity contribution >= 4 is 35.4 Å². The molecule has 0 saturated heterocycles. The van der Waals surface area contributed by atoms with E-state index < -0.39 is 48.2 Å². The lowest BCUT2D eigenvalue weighted by Crippen LogP contribution is -2.51. The first kappa shape index (κ1) is 22.9. The molecule has 30 heavy (non-hydrogen) atoms. The zero-order chi connectivity index (χ0) is 22.5. The zero-order valence-electron chi connectivity index (χ0n) is 15.9. The van der Waals surface area contributed by atoms with Crippen molar-refractivity contribution in [3.8, 4) is 0 Å². The maximum Gasteiger partial charge on any atom is 0.354 e. The van der Waals surface area contributed by atoms with Crippen molar-refractivity contribution < 1.29 is 34.5 Å². The Kier molecular flexibility index (Phi) is 7.17. The van der Waals surface area contributed by atoms with Gasteiger partial charge in [0, 0.05) is 17.3 Å². The van der Waals surface area contributed by atoms with Crippen LogP contribution in [0.5, 0.6) is 0 Å². The van der Waals surface area contributed by atoms with Gasteiger partial charge in [0.05, 0.1) is 13.0 Å². The summed E-state index contributed by atoms with van der Waals surface area (Å²) >= 11 is 6.10. The fourth-order valence-corrected chi connectivity index (χ4v) is 3.05. The number of carboxylic acids is 3. The lowest BCUT2D eigenvalue weighted by Gasteiger charge is -2.27. The summed E-state index contributed by atoms with van der Waals surface area (Å²) in [6, 6.07) is 6.92. The number of carboxylic acid groups (broad SMARTS) is 3. The largest absolute Gasteiger partial charge is 0.481 e. The smallest absolute Gasteiger partial charge is 0.354 e. The monoisotopic (exact) mass is 437 g/mol. The normalized spacial score (nSPS) is 13.8. The van der Waals surface area contributed by atoms with Crippen LogP contribution in [0.15, 0.2) is 36.5 Å². The lowest BCUT2D eigenvalue weighted by atomic mass is 9.88. The van der Waals surface area contributed by atoms with E-state index in [4.69, 9.17) is 11.6 Å². The van der Waals surface area contributed by atoms with E-state index in [-0.39, 0.29) is 12.1 Å². The standard InChI is InChI=1S/C19H20ClN3O7/c1-19(18(29)30,10-23-14(16(26)27)6-7-21-23)17(28)22-12(9-15(24)25)8-11-4-2-3-5-13(11)20/h2-7,12H,8-10H2,1H3,(H,22,28)(H,24,25)(H,26,27)(H,29,30)/t12-,19?/m1/s1. The Hall–Kier alpha value is -3.40. The van der Waals surface area contributed by atoms with Gasteiger partial charge < -0.3 is 20.6 Å². The van der Waals surface area contributed by atoms with E-state index >= 15 is 0 Å². The highest BCUT2D eigenvalue weighted by atomic mass is 35.5. The van der Waals surface area contributed by atoms with Crippen molar-refractivity contribution in [2.45, 2.75) is 32.4 Å². The Morgan fingerprint density at radius 1 is 1.17 bits per heavy atom. The molecular formula is C19H20ClN3O7. The number of amides is 1. The first-order chi connectivity index (χ1) is 14.0. The predicted octanol–water partition coefficient (Wildman–Crippen LogP) is 1.53. The van der Waals surface area contributed by atoms with E-state index in [2.05, 4.69) is 10.4 Å². The molecule has 1 aromatic heterocycles. The number of halogens is 1. The van der Waals surface area contributed by atoms with Crippen molar-refractivity contribution in [2.24, 2.45) is 5.41 Å². The van der Waals surface area contributed by atoms with Gasteiger partial charge in [-0.1, -0.05) is 29.8 Å². The molecular weight excluding hydrogens is 418 g/mol. The number of aliphatic carboxylic acids is 2. The topological polar surface area (TPSA) is 159 Å². The van der Waals surface area contributed by atoms with Crippen molar-refractivity contribution in [2.75, 3.05) is 0 Å². The van der Waals surface area contributed by atoms with Gasteiger partial charge >= 0.3 is 17.9 Å². The Labute approximate surface area is 176 Å². The number of carbonyl (C=O) groups is 4. The maximum absolute atomic E-state index is 12.9. The summed E-state index contributed by atoms with van der Waals surface area (Å²) in [6.45, 7) is 0.556. The average Bonchev–Trinajstić information content (AvgIpc) is 3.11. The molecule has 1 aromatic carbocycles. The van der Waals surface area contributed by atoms with Gasteiger partial charge in [-0.2, -0.15) is 5.10 Å². The fourth-order valence-electron chi connectivity index (χ4n) is 2.84. The summed E-state index contributed by atoms with van der Waals surface area (Å²) in [5, 5.41) is 34.6. The fraction of sp³-hybridized carbons (Fsp3) is 0.316. The molecule has 0 aliphatic heterocycles. The van der Waals surface area contributed by atoms with Gasteiger partial charge in [-0.15, -0.1) is 0 Å². The Balaban J connectivity index is 2.28. The van der Waals surface area contributed by atoms with Crippen molar-refractivity contribution in [3.05, 3.63) is 52.8 Å². The number of hydrogen-bond donors (Lipinski definition) is 4. The molecule has 0 aliphatic carbocycles. The van der Waals surface area contributed by atoms with Crippen LogP contribution in [-0.4, -0.2) is 55.0 Å². The third kappa shape index (κ3) is 5.35. The molecule has 10 nitrogen and oxygen atoms in total. The zero-order valence-corrected chi connectivity index (χ0v) is 16.7. The maximum atomic E-state index is 12.9. The summed E-state index contributed by atoms with van der Waals surface area (Å²) in [4.78, 5) is 47.3. The molecule has 1 heterocycles. The van der Waals surface area contributed by atoms with Gasteiger partial charge in [-0.25, -0.2) is 4.79 Å². The Morgan fingerprint density at radius 3 is 2.40 bits per heavy atom. The van der Waals surface area contributed by atoms with E-state index in [1.54, 1.807) is 24.3 Å². The van der Waals surface area contributed by atoms with Crippen molar-refractivity contribution in [1.82, 2.24) is 15.1 Å². The third-order valence-corrected chi connectivity index (χ3v) is 4.92. The minimum absolute atomic E-state index is 0.0650. The second kappa shape index (κ2) is 9.40. The van der Waals surface area contributed by atoms with E-state index in [9.17, 15) is 34.5 Å². The van der Waals surface area contributed by atoms with Gasteiger partial charge in [0.15, 0.2) is 5.41 Å². The molecule has 1 unspecified atom stereocenters. The van der Waals surface area contributed by atoms with Gasteiger partial charge in [0.2, 0.25) is 5.91 Å². The van der Waals surface area contributed by atoms with Crippen LogP contribution in [0.4, 0.5) is 0 Å². The van der Waals surface area contributed by atoms with Crippen LogP contribution < -0.4 is 5.32 Å².